The third-order valence-electron chi connectivity index (χ3n) is 4.73. The molecule has 0 aliphatic heterocycles. The molecule has 1 atom stereocenters. The maximum absolute atomic E-state index is 12.2. The summed E-state index contributed by atoms with van der Waals surface area (Å²) in [6, 6.07) is 3.17. The fourth-order valence-electron chi connectivity index (χ4n) is 3.49. The van der Waals surface area contributed by atoms with Crippen LogP contribution < -0.4 is 4.74 Å². The number of carbonyl (C=O) groups is 1. The van der Waals surface area contributed by atoms with Gasteiger partial charge in [-0.05, 0) is 34.9 Å². The van der Waals surface area contributed by atoms with Gasteiger partial charge in [-0.15, -0.1) is 0 Å². The minimum Gasteiger partial charge on any atom is -0.481 e. The van der Waals surface area contributed by atoms with Gasteiger partial charge in [0.1, 0.15) is 18.1 Å². The first-order valence-corrected chi connectivity index (χ1v) is 7.43. The van der Waals surface area contributed by atoms with Crippen LogP contribution in [0.4, 0.5) is 5.82 Å². The predicted octanol–water partition coefficient (Wildman–Crippen LogP) is 3.05. The number of hydrogen-bond donors (Lipinski definition) is 0. The second-order valence-corrected chi connectivity index (χ2v) is 5.89. The first-order valence-electron chi connectivity index (χ1n) is 7.43. The molecule has 1 aromatic heterocycles. The van der Waals surface area contributed by atoms with Gasteiger partial charge in [-0.2, -0.15) is 0 Å². The molecular weight excluding hydrogens is 272 g/mol. The highest BCUT2D eigenvalue weighted by molar-refractivity contribution is 5.92. The molecule has 0 saturated heterocycles. The molecule has 1 aromatic rings. The Labute approximate surface area is 122 Å². The van der Waals surface area contributed by atoms with E-state index in [-0.39, 0.29) is 23.5 Å². The molecule has 112 valence electrons. The zero-order valence-corrected chi connectivity index (χ0v) is 11.8. The first kappa shape index (κ1) is 14.0. The molecule has 1 spiro atoms. The van der Waals surface area contributed by atoms with Gasteiger partial charge in [0.15, 0.2) is 0 Å². The zero-order valence-electron chi connectivity index (χ0n) is 11.8. The van der Waals surface area contributed by atoms with E-state index in [1.165, 1.54) is 6.20 Å². The zero-order chi connectivity index (χ0) is 14.9. The maximum atomic E-state index is 12.2. The van der Waals surface area contributed by atoms with Crippen molar-refractivity contribution in [3.8, 4) is 5.75 Å². The Bertz CT molecular complexity index is 565. The summed E-state index contributed by atoms with van der Waals surface area (Å²) in [5.74, 6) is 0.144. The van der Waals surface area contributed by atoms with Crippen molar-refractivity contribution >= 4 is 11.6 Å². The van der Waals surface area contributed by atoms with E-state index >= 15 is 0 Å². The lowest BCUT2D eigenvalue weighted by molar-refractivity contribution is -0.390. The average Bonchev–Trinajstić information content (AvgIpc) is 2.75. The van der Waals surface area contributed by atoms with Crippen LogP contribution in [0.5, 0.6) is 5.75 Å². The normalized spacial score (nSPS) is 24.2. The number of aromatic nitrogens is 1. The molecule has 2 aliphatic rings. The lowest BCUT2D eigenvalue weighted by Gasteiger charge is -2.46. The molecule has 2 saturated carbocycles. The van der Waals surface area contributed by atoms with Gasteiger partial charge in [-0.3, -0.25) is 4.79 Å². The largest absolute Gasteiger partial charge is 0.481 e. The molecule has 0 aromatic carbocycles. The van der Waals surface area contributed by atoms with Crippen molar-refractivity contribution in [2.75, 3.05) is 0 Å². The van der Waals surface area contributed by atoms with Crippen LogP contribution in [0.2, 0.25) is 0 Å². The number of rotatable bonds is 3. The van der Waals surface area contributed by atoms with Crippen LogP contribution in [-0.4, -0.2) is 21.8 Å². The van der Waals surface area contributed by atoms with E-state index in [2.05, 4.69) is 4.98 Å². The quantitative estimate of drug-likeness (QED) is 0.631. The van der Waals surface area contributed by atoms with Crippen molar-refractivity contribution in [2.24, 2.45) is 5.41 Å². The van der Waals surface area contributed by atoms with E-state index < -0.39 is 10.3 Å². The Hall–Kier alpha value is -1.98. The summed E-state index contributed by atoms with van der Waals surface area (Å²) in [7, 11) is 0. The summed E-state index contributed by atoms with van der Waals surface area (Å²) in [5, 5.41) is 11.0. The summed E-state index contributed by atoms with van der Waals surface area (Å²) >= 11 is 0. The average molecular weight is 290 g/mol. The van der Waals surface area contributed by atoms with Crippen molar-refractivity contribution in [3.63, 3.8) is 0 Å². The van der Waals surface area contributed by atoms with E-state index in [0.717, 1.165) is 38.5 Å². The minimum atomic E-state index is -0.546. The number of hydrogen-bond acceptors (Lipinski definition) is 5. The number of ether oxygens (including phenoxy) is 1. The molecule has 0 amide bonds. The highest BCUT2D eigenvalue weighted by atomic mass is 16.6. The second-order valence-electron chi connectivity index (χ2n) is 5.89. The molecule has 2 aliphatic carbocycles. The Morgan fingerprint density at radius 2 is 2.00 bits per heavy atom. The minimum absolute atomic E-state index is 0.170. The Balaban J connectivity index is 1.82. The van der Waals surface area contributed by atoms with Crippen molar-refractivity contribution in [1.29, 1.82) is 0 Å². The van der Waals surface area contributed by atoms with Gasteiger partial charge in [0, 0.05) is 6.42 Å². The van der Waals surface area contributed by atoms with E-state index in [1.807, 2.05) is 0 Å². The van der Waals surface area contributed by atoms with Gasteiger partial charge in [-0.25, -0.2) is 0 Å². The number of ketones is 1. The van der Waals surface area contributed by atoms with Gasteiger partial charge in [0.2, 0.25) is 5.75 Å². The highest BCUT2D eigenvalue weighted by Gasteiger charge is 2.56. The fourth-order valence-corrected chi connectivity index (χ4v) is 3.49. The summed E-state index contributed by atoms with van der Waals surface area (Å²) < 4.78 is 5.84. The van der Waals surface area contributed by atoms with Crippen molar-refractivity contribution in [3.05, 3.63) is 28.4 Å². The molecular formula is C15H18N2O4. The van der Waals surface area contributed by atoms with Crippen LogP contribution in [0.3, 0.4) is 0 Å². The second kappa shape index (κ2) is 5.42. The molecule has 1 unspecified atom stereocenters. The third-order valence-corrected chi connectivity index (χ3v) is 4.73. The SMILES string of the molecule is O=C1CC(Oc2cccnc2[N+](=O)[O-])C12CCCCCC2. The summed E-state index contributed by atoms with van der Waals surface area (Å²) in [5.41, 5.74) is -0.416. The number of nitrogens with zero attached hydrogens (tertiary/aromatic N) is 2. The first-order chi connectivity index (χ1) is 10.1. The smallest absolute Gasteiger partial charge is 0.406 e. The highest BCUT2D eigenvalue weighted by Crippen LogP contribution is 2.50. The molecule has 6 nitrogen and oxygen atoms in total. The van der Waals surface area contributed by atoms with Gasteiger partial charge in [-0.1, -0.05) is 25.7 Å². The Kier molecular flexibility index (Phi) is 3.61. The molecule has 21 heavy (non-hydrogen) atoms. The standard InChI is InChI=1S/C15H18N2O4/c18-12-10-13(15(12)7-3-1-2-4-8-15)21-11-6-5-9-16-14(11)17(19)20/h5-6,9,13H,1-4,7-8,10H2. The Morgan fingerprint density at radius 3 is 2.62 bits per heavy atom. The predicted molar refractivity (Wildman–Crippen MR) is 75.1 cm³/mol. The third kappa shape index (κ3) is 2.39. The molecule has 2 fully saturated rings. The topological polar surface area (TPSA) is 82.3 Å². The fraction of sp³-hybridized carbons (Fsp3) is 0.600. The number of pyridine rings is 1. The molecule has 0 radical (unpaired) electrons. The van der Waals surface area contributed by atoms with Crippen molar-refractivity contribution in [1.82, 2.24) is 4.98 Å². The van der Waals surface area contributed by atoms with E-state index in [9.17, 15) is 14.9 Å². The van der Waals surface area contributed by atoms with E-state index in [1.54, 1.807) is 12.1 Å². The van der Waals surface area contributed by atoms with Crippen LogP contribution in [0.1, 0.15) is 44.9 Å². The molecule has 1 heterocycles. The number of carbonyl (C=O) groups excluding carboxylic acids is 1. The monoisotopic (exact) mass is 290 g/mol. The number of Topliss-reactive ketones (excluding diaryl/α,β-unsaturated/α-hetero) is 1. The van der Waals surface area contributed by atoms with Gasteiger partial charge in [0.25, 0.3) is 0 Å². The van der Waals surface area contributed by atoms with Crippen molar-refractivity contribution in [2.45, 2.75) is 51.0 Å². The summed E-state index contributed by atoms with van der Waals surface area (Å²) in [6.07, 6.45) is 7.51. The van der Waals surface area contributed by atoms with Gasteiger partial charge < -0.3 is 14.9 Å². The summed E-state index contributed by atoms with van der Waals surface area (Å²) in [6.45, 7) is 0. The van der Waals surface area contributed by atoms with Crippen LogP contribution in [0.25, 0.3) is 0 Å². The van der Waals surface area contributed by atoms with E-state index in [4.69, 9.17) is 4.74 Å². The van der Waals surface area contributed by atoms with Crippen LogP contribution in [0.15, 0.2) is 18.3 Å². The van der Waals surface area contributed by atoms with Gasteiger partial charge in [0.05, 0.1) is 5.41 Å². The van der Waals surface area contributed by atoms with Crippen LogP contribution in [-0.2, 0) is 4.79 Å². The molecule has 6 heteroatoms. The van der Waals surface area contributed by atoms with Crippen molar-refractivity contribution < 1.29 is 14.5 Å². The lowest BCUT2D eigenvalue weighted by atomic mass is 9.60. The summed E-state index contributed by atoms with van der Waals surface area (Å²) in [4.78, 5) is 26.3. The molecule has 3 rings (SSSR count). The van der Waals surface area contributed by atoms with E-state index in [0.29, 0.717) is 6.42 Å². The van der Waals surface area contributed by atoms with Crippen LogP contribution >= 0.6 is 0 Å². The maximum Gasteiger partial charge on any atom is 0.406 e. The molecule has 0 N–H and O–H groups in total. The number of nitro groups is 1. The van der Waals surface area contributed by atoms with Crippen LogP contribution in [0, 0.1) is 15.5 Å². The Morgan fingerprint density at radius 1 is 1.29 bits per heavy atom. The lowest BCUT2D eigenvalue weighted by Crippen LogP contribution is -2.56. The van der Waals surface area contributed by atoms with Gasteiger partial charge >= 0.3 is 5.82 Å². The molecule has 0 bridgehead atoms.